The van der Waals surface area contributed by atoms with Crippen molar-refractivity contribution in [2.75, 3.05) is 19.6 Å². The van der Waals surface area contributed by atoms with E-state index in [-0.39, 0.29) is 40.0 Å². The van der Waals surface area contributed by atoms with Crippen molar-refractivity contribution in [3.63, 3.8) is 0 Å². The van der Waals surface area contributed by atoms with Crippen LogP contribution in [-0.4, -0.2) is 57.3 Å². The maximum atomic E-state index is 14.4. The van der Waals surface area contributed by atoms with Gasteiger partial charge in [0.1, 0.15) is 0 Å². The normalized spacial score (nSPS) is 43.3. The Kier molecular flexibility index (Phi) is 6.63. The second-order valence-corrected chi connectivity index (χ2v) is 16.4. The molecular weight excluding hydrogens is 586 g/mol. The van der Waals surface area contributed by atoms with Gasteiger partial charge in [0, 0.05) is 46.5 Å². The lowest BCUT2D eigenvalue weighted by molar-refractivity contribution is -0.178. The van der Waals surface area contributed by atoms with Crippen molar-refractivity contribution < 1.29 is 24.5 Å². The second-order valence-electron chi connectivity index (χ2n) is 15.9. The number of ketones is 1. The van der Waals surface area contributed by atoms with E-state index in [0.717, 1.165) is 43.2 Å². The van der Waals surface area contributed by atoms with E-state index in [0.29, 0.717) is 56.1 Å². The van der Waals surface area contributed by atoms with E-state index < -0.39 is 16.6 Å². The molecule has 8 atom stereocenters. The highest BCUT2D eigenvalue weighted by Crippen LogP contribution is 2.78. The van der Waals surface area contributed by atoms with Gasteiger partial charge >= 0.3 is 0 Å². The number of hydrogen-bond acceptors (Lipinski definition) is 6. The third-order valence-corrected chi connectivity index (χ3v) is 14.5. The molecule has 2 bridgehead atoms. The molecule has 1 unspecified atom stereocenters. The Labute approximate surface area is 271 Å². The third kappa shape index (κ3) is 3.99. The minimum absolute atomic E-state index is 0.0481. The molecule has 1 aromatic carbocycles. The second kappa shape index (κ2) is 9.90. The number of halogens is 1. The average molecular weight is 632 g/mol. The highest BCUT2D eigenvalue weighted by atomic mass is 35.5. The minimum atomic E-state index is -0.907. The molecule has 2 heterocycles. The summed E-state index contributed by atoms with van der Waals surface area (Å²) >= 11 is 6.10. The number of fused-ring (bicyclic) bond motifs is 1. The molecule has 0 radical (unpaired) electrons. The molecule has 7 heteroatoms. The number of β-amino-alcohol motifs (C(OH)–C–C–N with tert-alkyl or cyclic N) is 1. The van der Waals surface area contributed by atoms with Crippen LogP contribution in [0.2, 0.25) is 5.02 Å². The maximum absolute atomic E-state index is 14.4. The standard InChI is InChI=1S/C38H46ClNO5/c1-33-12-9-27(41)22-35(33)15-16-38(28(23-35)32(42)29-4-3-21-45-29)30(33)10-13-34(2)31(38)11-14-37(34,44)24-40-19-17-36(43,18-20-40)25-5-7-26(39)8-6-25/h3-8,15-16,21,23,27,30-31,41,43-44H,9-14,17-20,22,24H2,1-2H3/t27?,30-,31-,33-,34+,35+,37-,38-/m1/s1. The number of furan rings is 1. The lowest BCUT2D eigenvalue weighted by atomic mass is 9.32. The van der Waals surface area contributed by atoms with E-state index in [1.54, 1.807) is 18.4 Å². The van der Waals surface area contributed by atoms with Crippen molar-refractivity contribution in [3.05, 3.63) is 82.8 Å². The van der Waals surface area contributed by atoms with Gasteiger partial charge in [-0.15, -0.1) is 0 Å². The Hall–Kier alpha value is -2.22. The number of allylic oxidation sites excluding steroid dienone is 4. The van der Waals surface area contributed by atoms with E-state index in [4.69, 9.17) is 16.0 Å². The van der Waals surface area contributed by atoms with E-state index in [1.165, 1.54) is 0 Å². The van der Waals surface area contributed by atoms with Gasteiger partial charge in [0.15, 0.2) is 5.76 Å². The summed E-state index contributed by atoms with van der Waals surface area (Å²) in [7, 11) is 0. The molecule has 45 heavy (non-hydrogen) atoms. The molecule has 7 aliphatic rings. The fourth-order valence-corrected chi connectivity index (χ4v) is 11.8. The van der Waals surface area contributed by atoms with Crippen LogP contribution in [0, 0.1) is 33.5 Å². The zero-order valence-electron chi connectivity index (χ0n) is 26.5. The monoisotopic (exact) mass is 631 g/mol. The SMILES string of the molecule is C[C@]12CC[C@H]3[C@]4(C=C[C@@]5(C=C4C(=O)c4ccco4)CC(O)CC[C@]35C)[C@@H]1CC[C@@]2(O)CN1CCC(O)(c2ccc(Cl)cc2)CC1. The van der Waals surface area contributed by atoms with E-state index in [9.17, 15) is 20.1 Å². The summed E-state index contributed by atoms with van der Waals surface area (Å²) in [6.45, 7) is 6.68. The van der Waals surface area contributed by atoms with Crippen molar-refractivity contribution in [2.24, 2.45) is 33.5 Å². The molecule has 1 aliphatic heterocycles. The Balaban J connectivity index is 1.12. The van der Waals surface area contributed by atoms with Crippen molar-refractivity contribution in [1.29, 1.82) is 0 Å². The molecule has 0 amide bonds. The predicted molar refractivity (Wildman–Crippen MR) is 173 cm³/mol. The minimum Gasteiger partial charge on any atom is -0.461 e. The lowest BCUT2D eigenvalue weighted by Gasteiger charge is -2.71. The van der Waals surface area contributed by atoms with Crippen LogP contribution in [0.15, 0.2) is 70.9 Å². The maximum Gasteiger partial charge on any atom is 0.224 e. The Morgan fingerprint density at radius 2 is 1.62 bits per heavy atom. The predicted octanol–water partition coefficient (Wildman–Crippen LogP) is 6.69. The summed E-state index contributed by atoms with van der Waals surface area (Å²) in [5, 5.41) is 35.8. The van der Waals surface area contributed by atoms with Crippen LogP contribution in [-0.2, 0) is 5.60 Å². The summed E-state index contributed by atoms with van der Waals surface area (Å²) in [6, 6.07) is 11.1. The van der Waals surface area contributed by atoms with Gasteiger partial charge in [0.2, 0.25) is 5.78 Å². The first-order chi connectivity index (χ1) is 21.4. The van der Waals surface area contributed by atoms with Gasteiger partial charge < -0.3 is 24.6 Å². The van der Waals surface area contributed by atoms with Crippen LogP contribution >= 0.6 is 11.6 Å². The van der Waals surface area contributed by atoms with E-state index in [2.05, 4.69) is 37.0 Å². The van der Waals surface area contributed by atoms with Crippen LogP contribution in [0.5, 0.6) is 0 Å². The van der Waals surface area contributed by atoms with E-state index in [1.807, 2.05) is 24.3 Å². The van der Waals surface area contributed by atoms with Crippen molar-refractivity contribution in [1.82, 2.24) is 4.90 Å². The van der Waals surface area contributed by atoms with Crippen molar-refractivity contribution >= 4 is 17.4 Å². The quantitative estimate of drug-likeness (QED) is 0.251. The van der Waals surface area contributed by atoms with Crippen molar-refractivity contribution in [2.45, 2.75) is 88.9 Å². The number of aliphatic hydroxyl groups excluding tert-OH is 1. The summed E-state index contributed by atoms with van der Waals surface area (Å²) < 4.78 is 5.70. The molecule has 1 saturated heterocycles. The Morgan fingerprint density at radius 3 is 2.33 bits per heavy atom. The van der Waals surface area contributed by atoms with Gasteiger partial charge in [-0.1, -0.05) is 55.8 Å². The van der Waals surface area contributed by atoms with Crippen LogP contribution in [0.1, 0.15) is 87.8 Å². The highest BCUT2D eigenvalue weighted by molar-refractivity contribution is 6.30. The fraction of sp³-hybridized carbons (Fsp3) is 0.605. The molecule has 6 aliphatic carbocycles. The molecular formula is C38H46ClNO5. The van der Waals surface area contributed by atoms with Gasteiger partial charge in [0.05, 0.1) is 23.6 Å². The first-order valence-electron chi connectivity index (χ1n) is 17.0. The van der Waals surface area contributed by atoms with Crippen LogP contribution < -0.4 is 0 Å². The molecule has 240 valence electrons. The van der Waals surface area contributed by atoms with Gasteiger partial charge in [-0.05, 0) is 105 Å². The zero-order valence-corrected chi connectivity index (χ0v) is 27.2. The number of carbonyl (C=O) groups is 1. The molecule has 3 N–H and O–H groups in total. The van der Waals surface area contributed by atoms with Crippen LogP contribution in [0.3, 0.4) is 0 Å². The average Bonchev–Trinajstić information content (AvgIpc) is 3.65. The number of benzene rings is 1. The first kappa shape index (κ1) is 30.1. The van der Waals surface area contributed by atoms with Crippen LogP contribution in [0.25, 0.3) is 0 Å². The number of aliphatic hydroxyl groups is 3. The number of nitrogens with zero attached hydrogens (tertiary/aromatic N) is 1. The Morgan fingerprint density at radius 1 is 0.933 bits per heavy atom. The molecule has 1 aromatic heterocycles. The number of piperidine rings is 1. The smallest absolute Gasteiger partial charge is 0.224 e. The number of Topliss-reactive ketones (excluding diaryl/α,β-unsaturated/α-hetero) is 1. The zero-order chi connectivity index (χ0) is 31.5. The summed E-state index contributed by atoms with van der Waals surface area (Å²) in [5.74, 6) is 0.680. The molecule has 2 aromatic rings. The van der Waals surface area contributed by atoms with Crippen molar-refractivity contribution in [3.8, 4) is 0 Å². The van der Waals surface area contributed by atoms with Gasteiger partial charge in [-0.25, -0.2) is 0 Å². The molecule has 3 saturated carbocycles. The highest BCUT2D eigenvalue weighted by Gasteiger charge is 2.74. The fourth-order valence-electron chi connectivity index (χ4n) is 11.6. The van der Waals surface area contributed by atoms with Gasteiger partial charge in [-0.2, -0.15) is 0 Å². The number of likely N-dealkylation sites (tertiary alicyclic amines) is 1. The molecule has 4 fully saturated rings. The first-order valence-corrected chi connectivity index (χ1v) is 17.4. The largest absolute Gasteiger partial charge is 0.461 e. The summed E-state index contributed by atoms with van der Waals surface area (Å²) in [5.41, 5.74) is -1.37. The summed E-state index contributed by atoms with van der Waals surface area (Å²) in [4.78, 5) is 16.7. The Bertz CT molecular complexity index is 1560. The number of hydrogen-bond donors (Lipinski definition) is 3. The third-order valence-electron chi connectivity index (χ3n) is 14.3. The lowest BCUT2D eigenvalue weighted by Crippen LogP contribution is -2.67. The van der Waals surface area contributed by atoms with E-state index >= 15 is 0 Å². The summed E-state index contributed by atoms with van der Waals surface area (Å²) in [6.07, 6.45) is 15.1. The number of carbonyl (C=O) groups excluding carboxylic acids is 1. The topological polar surface area (TPSA) is 94.1 Å². The number of rotatable bonds is 5. The van der Waals surface area contributed by atoms with Crippen LogP contribution in [0.4, 0.5) is 0 Å². The molecule has 2 spiro atoms. The molecule has 9 rings (SSSR count). The van der Waals surface area contributed by atoms with Gasteiger partial charge in [-0.3, -0.25) is 4.79 Å². The molecule has 6 nitrogen and oxygen atoms in total. The van der Waals surface area contributed by atoms with Gasteiger partial charge in [0.25, 0.3) is 0 Å².